The van der Waals surface area contributed by atoms with E-state index < -0.39 is 5.97 Å². The van der Waals surface area contributed by atoms with Crippen LogP contribution in [0.4, 0.5) is 5.69 Å². The van der Waals surface area contributed by atoms with E-state index in [1.807, 2.05) is 30.3 Å². The predicted octanol–water partition coefficient (Wildman–Crippen LogP) is 4.20. The Morgan fingerprint density at radius 1 is 0.909 bits per heavy atom. The molecule has 0 saturated carbocycles. The van der Waals surface area contributed by atoms with Crippen molar-refractivity contribution in [2.45, 2.75) is 13.5 Å². The van der Waals surface area contributed by atoms with Gasteiger partial charge in [0.15, 0.2) is 0 Å². The summed E-state index contributed by atoms with van der Waals surface area (Å²) in [7, 11) is 1.59. The SMILES string of the molecule is COc1cccc(/C=C/C(=O)Nc2cccc(CNC(=O)c3cccc(OC(C)=O)c3)c2)c1. The maximum Gasteiger partial charge on any atom is 0.308 e. The van der Waals surface area contributed by atoms with Gasteiger partial charge in [0, 0.05) is 30.8 Å². The van der Waals surface area contributed by atoms with E-state index in [2.05, 4.69) is 10.6 Å². The molecule has 3 aromatic carbocycles. The average molecular weight is 444 g/mol. The summed E-state index contributed by atoms with van der Waals surface area (Å²) < 4.78 is 10.2. The van der Waals surface area contributed by atoms with E-state index in [0.717, 1.165) is 11.1 Å². The van der Waals surface area contributed by atoms with Crippen LogP contribution in [0.15, 0.2) is 78.9 Å². The lowest BCUT2D eigenvalue weighted by Crippen LogP contribution is -2.23. The normalized spacial score (nSPS) is 10.5. The van der Waals surface area contributed by atoms with Crippen LogP contribution < -0.4 is 20.1 Å². The molecule has 0 heterocycles. The van der Waals surface area contributed by atoms with Crippen LogP contribution in [0.1, 0.15) is 28.4 Å². The number of hydrogen-bond acceptors (Lipinski definition) is 5. The smallest absolute Gasteiger partial charge is 0.308 e. The Morgan fingerprint density at radius 2 is 1.67 bits per heavy atom. The number of amides is 2. The Hall–Kier alpha value is -4.39. The Morgan fingerprint density at radius 3 is 2.45 bits per heavy atom. The average Bonchev–Trinajstić information content (AvgIpc) is 2.81. The van der Waals surface area contributed by atoms with Gasteiger partial charge < -0.3 is 20.1 Å². The molecule has 0 radical (unpaired) electrons. The fraction of sp³-hybridized carbons (Fsp3) is 0.115. The highest BCUT2D eigenvalue weighted by Crippen LogP contribution is 2.16. The van der Waals surface area contributed by atoms with E-state index in [4.69, 9.17) is 9.47 Å². The van der Waals surface area contributed by atoms with E-state index in [1.54, 1.807) is 49.6 Å². The first-order chi connectivity index (χ1) is 15.9. The topological polar surface area (TPSA) is 93.7 Å². The number of esters is 1. The quantitative estimate of drug-likeness (QED) is 0.309. The van der Waals surface area contributed by atoms with E-state index in [1.165, 1.54) is 19.1 Å². The third-order valence-electron chi connectivity index (χ3n) is 4.53. The van der Waals surface area contributed by atoms with Crippen LogP contribution in [0.25, 0.3) is 6.08 Å². The zero-order valence-corrected chi connectivity index (χ0v) is 18.3. The molecule has 3 rings (SSSR count). The van der Waals surface area contributed by atoms with Gasteiger partial charge in [-0.25, -0.2) is 0 Å². The van der Waals surface area contributed by atoms with Gasteiger partial charge in [0.05, 0.1) is 7.11 Å². The standard InChI is InChI=1S/C26H24N2O5/c1-18(29)33-24-11-5-8-21(16-24)26(31)27-17-20-7-3-9-22(14-20)28-25(30)13-12-19-6-4-10-23(15-19)32-2/h3-16H,17H2,1-2H3,(H,27,31)(H,28,30)/b13-12+. The van der Waals surface area contributed by atoms with Crippen molar-refractivity contribution < 1.29 is 23.9 Å². The van der Waals surface area contributed by atoms with E-state index in [0.29, 0.717) is 22.7 Å². The van der Waals surface area contributed by atoms with Gasteiger partial charge in [0.2, 0.25) is 5.91 Å². The predicted molar refractivity (Wildman–Crippen MR) is 126 cm³/mol. The lowest BCUT2D eigenvalue weighted by molar-refractivity contribution is -0.131. The first kappa shape index (κ1) is 23.3. The number of hydrogen-bond donors (Lipinski definition) is 2. The third-order valence-corrected chi connectivity index (χ3v) is 4.53. The molecule has 168 valence electrons. The zero-order valence-electron chi connectivity index (χ0n) is 18.3. The summed E-state index contributed by atoms with van der Waals surface area (Å²) in [4.78, 5) is 35.8. The van der Waals surface area contributed by atoms with E-state index in [-0.39, 0.29) is 18.4 Å². The molecule has 0 aliphatic rings. The zero-order chi connectivity index (χ0) is 23.6. The Labute approximate surface area is 192 Å². The molecule has 7 nitrogen and oxygen atoms in total. The van der Waals surface area contributed by atoms with Gasteiger partial charge in [-0.05, 0) is 59.7 Å². The number of nitrogens with one attached hydrogen (secondary N) is 2. The number of anilines is 1. The van der Waals surface area contributed by atoms with Crippen molar-refractivity contribution in [2.24, 2.45) is 0 Å². The number of rotatable bonds is 8. The highest BCUT2D eigenvalue weighted by atomic mass is 16.5. The third kappa shape index (κ3) is 7.36. The van der Waals surface area contributed by atoms with Gasteiger partial charge in [-0.2, -0.15) is 0 Å². The summed E-state index contributed by atoms with van der Waals surface area (Å²) in [5.74, 6) is -0.0158. The first-order valence-electron chi connectivity index (χ1n) is 10.2. The molecule has 0 aromatic heterocycles. The van der Waals surface area contributed by atoms with Crippen LogP contribution in [0.2, 0.25) is 0 Å². The fourth-order valence-electron chi connectivity index (χ4n) is 3.01. The molecule has 2 amide bonds. The molecule has 0 saturated heterocycles. The van der Waals surface area contributed by atoms with Crippen molar-refractivity contribution in [3.05, 3.63) is 95.6 Å². The molecule has 0 bridgehead atoms. The minimum absolute atomic E-state index is 0.264. The van der Waals surface area contributed by atoms with Crippen molar-refractivity contribution in [3.8, 4) is 11.5 Å². The van der Waals surface area contributed by atoms with Gasteiger partial charge in [0.25, 0.3) is 5.91 Å². The van der Waals surface area contributed by atoms with Crippen LogP contribution in [0.3, 0.4) is 0 Å². The summed E-state index contributed by atoms with van der Waals surface area (Å²) in [6, 6.07) is 21.0. The van der Waals surface area contributed by atoms with Crippen molar-refractivity contribution in [1.29, 1.82) is 0 Å². The second-order valence-corrected chi connectivity index (χ2v) is 7.10. The lowest BCUT2D eigenvalue weighted by atomic mass is 10.1. The summed E-state index contributed by atoms with van der Waals surface area (Å²) >= 11 is 0. The van der Waals surface area contributed by atoms with Crippen molar-refractivity contribution >= 4 is 29.5 Å². The van der Waals surface area contributed by atoms with Gasteiger partial charge in [-0.1, -0.05) is 30.3 Å². The number of carbonyl (C=O) groups excluding carboxylic acids is 3. The van der Waals surface area contributed by atoms with Crippen LogP contribution >= 0.6 is 0 Å². The largest absolute Gasteiger partial charge is 0.497 e. The second-order valence-electron chi connectivity index (χ2n) is 7.10. The van der Waals surface area contributed by atoms with Gasteiger partial charge >= 0.3 is 5.97 Å². The van der Waals surface area contributed by atoms with Gasteiger partial charge in [-0.3, -0.25) is 14.4 Å². The minimum Gasteiger partial charge on any atom is -0.497 e. The Bertz CT molecular complexity index is 1190. The Balaban J connectivity index is 1.57. The second kappa shape index (κ2) is 11.3. The molecule has 3 aromatic rings. The van der Waals surface area contributed by atoms with Crippen molar-refractivity contribution in [3.63, 3.8) is 0 Å². The molecule has 0 unspecified atom stereocenters. The summed E-state index contributed by atoms with van der Waals surface area (Å²) in [5, 5.41) is 5.62. The van der Waals surface area contributed by atoms with E-state index >= 15 is 0 Å². The molecule has 0 aliphatic carbocycles. The molecule has 33 heavy (non-hydrogen) atoms. The number of carbonyl (C=O) groups is 3. The lowest BCUT2D eigenvalue weighted by Gasteiger charge is -2.09. The molecule has 0 atom stereocenters. The molecule has 7 heteroatoms. The highest BCUT2D eigenvalue weighted by Gasteiger charge is 2.08. The number of ether oxygens (including phenoxy) is 2. The molecule has 0 fully saturated rings. The van der Waals surface area contributed by atoms with E-state index in [9.17, 15) is 14.4 Å². The van der Waals surface area contributed by atoms with Crippen LogP contribution in [-0.4, -0.2) is 24.9 Å². The van der Waals surface area contributed by atoms with Crippen LogP contribution in [0, 0.1) is 0 Å². The van der Waals surface area contributed by atoms with Crippen molar-refractivity contribution in [1.82, 2.24) is 5.32 Å². The van der Waals surface area contributed by atoms with Gasteiger partial charge in [0.1, 0.15) is 11.5 Å². The minimum atomic E-state index is -0.454. The summed E-state index contributed by atoms with van der Waals surface area (Å²) in [6.45, 7) is 1.56. The number of methoxy groups -OCH3 is 1. The number of benzene rings is 3. The fourth-order valence-corrected chi connectivity index (χ4v) is 3.01. The summed E-state index contributed by atoms with van der Waals surface area (Å²) in [5.41, 5.74) is 2.65. The Kier molecular flexibility index (Phi) is 7.96. The molecule has 0 spiro atoms. The monoisotopic (exact) mass is 444 g/mol. The maximum atomic E-state index is 12.4. The molecule has 0 aliphatic heterocycles. The summed E-state index contributed by atoms with van der Waals surface area (Å²) in [6.07, 6.45) is 3.14. The van der Waals surface area contributed by atoms with Crippen molar-refractivity contribution in [2.75, 3.05) is 12.4 Å². The molecular formula is C26H24N2O5. The first-order valence-corrected chi connectivity index (χ1v) is 10.2. The van der Waals surface area contributed by atoms with Gasteiger partial charge in [-0.15, -0.1) is 0 Å². The molecular weight excluding hydrogens is 420 g/mol. The highest BCUT2D eigenvalue weighted by molar-refractivity contribution is 6.02. The van der Waals surface area contributed by atoms with Crippen LogP contribution in [-0.2, 0) is 16.1 Å². The molecule has 2 N–H and O–H groups in total. The van der Waals surface area contributed by atoms with Crippen LogP contribution in [0.5, 0.6) is 11.5 Å². The maximum absolute atomic E-state index is 12.4.